The van der Waals surface area contributed by atoms with E-state index in [-0.39, 0.29) is 0 Å². The minimum Gasteiger partial charge on any atom is -0.374 e. The van der Waals surface area contributed by atoms with Crippen LogP contribution in [0.1, 0.15) is 0 Å². The maximum absolute atomic E-state index is 4.97. The Kier molecular flexibility index (Phi) is 6.84. The summed E-state index contributed by atoms with van der Waals surface area (Å²) in [5.41, 5.74) is 0. The van der Waals surface area contributed by atoms with Crippen LogP contribution in [0, 0.1) is 0 Å². The number of rotatable bonds is 8. The summed E-state index contributed by atoms with van der Waals surface area (Å²) in [6.45, 7) is 0. The van der Waals surface area contributed by atoms with E-state index in [9.17, 15) is 0 Å². The molecule has 2 rings (SSSR count). The Morgan fingerprint density at radius 1 is 0.789 bits per heavy atom. The molecule has 0 amide bonds. The molecule has 0 fully saturated rings. The highest BCUT2D eigenvalue weighted by Crippen LogP contribution is 2.36. The molecule has 19 heavy (non-hydrogen) atoms. The zero-order chi connectivity index (χ0) is 13.5. The molecule has 0 aliphatic heterocycles. The molecule has 2 aromatic heterocycles. The molecule has 0 aliphatic carbocycles. The Labute approximate surface area is 131 Å². The molecule has 11 heteroatoms. The van der Waals surface area contributed by atoms with Gasteiger partial charge < -0.3 is 9.47 Å². The molecule has 2 heterocycles. The van der Waals surface area contributed by atoms with Crippen LogP contribution in [0.15, 0.2) is 17.4 Å². The smallest absolute Gasteiger partial charge is 0.182 e. The monoisotopic (exact) mass is 354 g/mol. The predicted molar refractivity (Wildman–Crippen MR) is 79.4 cm³/mol. The molecule has 6 nitrogen and oxygen atoms in total. The van der Waals surface area contributed by atoms with Crippen molar-refractivity contribution in [3.63, 3.8) is 0 Å². The van der Waals surface area contributed by atoms with Gasteiger partial charge in [-0.25, -0.2) is 0 Å². The largest absolute Gasteiger partial charge is 0.374 e. The van der Waals surface area contributed by atoms with Gasteiger partial charge in [0.05, 0.1) is 11.9 Å². The summed E-state index contributed by atoms with van der Waals surface area (Å²) in [7, 11) is 3.31. The van der Waals surface area contributed by atoms with Crippen molar-refractivity contribution in [2.45, 2.75) is 17.4 Å². The number of hydrogen-bond acceptors (Lipinski definition) is 11. The average molecular weight is 355 g/mol. The van der Waals surface area contributed by atoms with E-state index in [0.717, 1.165) is 17.4 Å². The van der Waals surface area contributed by atoms with Gasteiger partial charge in [0.2, 0.25) is 0 Å². The van der Waals surface area contributed by atoms with Gasteiger partial charge in [-0.2, -0.15) is 0 Å². The third-order valence-corrected chi connectivity index (χ3v) is 6.66. The Bertz CT molecular complexity index is 461. The highest BCUT2D eigenvalue weighted by atomic mass is 32.2. The van der Waals surface area contributed by atoms with E-state index in [4.69, 9.17) is 9.47 Å². The maximum Gasteiger partial charge on any atom is 0.182 e. The summed E-state index contributed by atoms with van der Waals surface area (Å²) >= 11 is 7.58. The lowest BCUT2D eigenvalue weighted by atomic mass is 11.5. The second-order valence-electron chi connectivity index (χ2n) is 2.87. The van der Waals surface area contributed by atoms with Crippen LogP contribution in [0.5, 0.6) is 0 Å². The van der Waals surface area contributed by atoms with Gasteiger partial charge in [0.25, 0.3) is 0 Å². The zero-order valence-electron chi connectivity index (χ0n) is 10.1. The van der Waals surface area contributed by atoms with Crippen LogP contribution in [-0.4, -0.2) is 46.5 Å². The van der Waals surface area contributed by atoms with Crippen LogP contribution in [0.3, 0.4) is 0 Å². The fraction of sp³-hybridized carbons (Fsp3) is 0.500. The average Bonchev–Trinajstić information content (AvgIpc) is 3.04. The van der Waals surface area contributed by atoms with Gasteiger partial charge in [-0.05, 0) is 11.8 Å². The van der Waals surface area contributed by atoms with Crippen LogP contribution in [-0.2, 0) is 9.47 Å². The van der Waals surface area contributed by atoms with Gasteiger partial charge >= 0.3 is 0 Å². The van der Waals surface area contributed by atoms with E-state index < -0.39 is 0 Å². The molecule has 0 radical (unpaired) electrons. The molecule has 0 saturated carbocycles. The van der Waals surface area contributed by atoms with Crippen LogP contribution in [0.25, 0.3) is 0 Å². The van der Waals surface area contributed by atoms with E-state index in [2.05, 4.69) is 20.4 Å². The van der Waals surface area contributed by atoms with Crippen molar-refractivity contribution in [3.05, 3.63) is 0 Å². The predicted octanol–water partition coefficient (Wildman–Crippen LogP) is 2.93. The lowest BCUT2D eigenvalue weighted by Crippen LogP contribution is -1.79. The number of hydrogen-bond donors (Lipinski definition) is 0. The van der Waals surface area contributed by atoms with E-state index in [1.807, 2.05) is 0 Å². The molecule has 0 spiro atoms. The number of aromatic nitrogens is 4. The van der Waals surface area contributed by atoms with E-state index >= 15 is 0 Å². The van der Waals surface area contributed by atoms with Gasteiger partial charge in [-0.3, -0.25) is 0 Å². The second-order valence-corrected chi connectivity index (χ2v) is 8.66. The Morgan fingerprint density at radius 3 is 1.63 bits per heavy atom. The Balaban J connectivity index is 1.89. The summed E-state index contributed by atoms with van der Waals surface area (Å²) in [5.74, 6) is 1.16. The van der Waals surface area contributed by atoms with E-state index in [0.29, 0.717) is 11.9 Å². The van der Waals surface area contributed by atoms with Crippen LogP contribution < -0.4 is 0 Å². The normalized spacial score (nSPS) is 11.1. The summed E-state index contributed by atoms with van der Waals surface area (Å²) in [6, 6.07) is 0. The van der Waals surface area contributed by atoms with Crippen LogP contribution in [0.2, 0.25) is 0 Å². The summed E-state index contributed by atoms with van der Waals surface area (Å²) < 4.78 is 13.5. The summed E-state index contributed by atoms with van der Waals surface area (Å²) in [4.78, 5) is 0. The first kappa shape index (κ1) is 15.5. The quantitative estimate of drug-likeness (QED) is 0.525. The van der Waals surface area contributed by atoms with Crippen molar-refractivity contribution < 1.29 is 9.47 Å². The Hall–Kier alpha value is 0.0900. The number of ether oxygens (including phenoxy) is 2. The van der Waals surface area contributed by atoms with Gasteiger partial charge in [-0.15, -0.1) is 20.4 Å². The van der Waals surface area contributed by atoms with Crippen LogP contribution in [0.4, 0.5) is 0 Å². The highest BCUT2D eigenvalue weighted by Gasteiger charge is 2.11. The first-order chi connectivity index (χ1) is 9.31. The van der Waals surface area contributed by atoms with E-state index in [1.54, 1.807) is 14.2 Å². The number of nitrogens with zero attached hydrogens (tertiary/aromatic N) is 4. The first-order valence-electron chi connectivity index (χ1n) is 4.90. The molecular weight excluding hydrogens is 344 g/mol. The SMILES string of the molecule is COCSc1nnc(Sc2nnc(SCOC)s2)s1. The van der Waals surface area contributed by atoms with Gasteiger partial charge in [0, 0.05) is 14.2 Å². The minimum atomic E-state index is 0.579. The lowest BCUT2D eigenvalue weighted by molar-refractivity contribution is 0.259. The Morgan fingerprint density at radius 2 is 1.21 bits per heavy atom. The maximum atomic E-state index is 4.97. The zero-order valence-corrected chi connectivity index (χ0v) is 14.1. The fourth-order valence-corrected chi connectivity index (χ4v) is 5.45. The molecule has 2 aromatic rings. The standard InChI is InChI=1S/C8H10N4O2S5/c1-13-3-15-5-9-11-7(17-5)19-8-12-10-6(18-8)16-4-14-2/h3-4H2,1-2H3. The first-order valence-corrected chi connectivity index (χ1v) is 9.32. The second kappa shape index (κ2) is 8.39. The molecular formula is C8H10N4O2S5. The molecule has 0 saturated heterocycles. The van der Waals surface area contributed by atoms with Gasteiger partial charge in [0.15, 0.2) is 17.4 Å². The van der Waals surface area contributed by atoms with Crippen molar-refractivity contribution in [2.24, 2.45) is 0 Å². The van der Waals surface area contributed by atoms with Gasteiger partial charge in [0.1, 0.15) is 0 Å². The molecule has 0 aliphatic rings. The van der Waals surface area contributed by atoms with Crippen LogP contribution >= 0.6 is 58.0 Å². The molecule has 0 bridgehead atoms. The van der Waals surface area contributed by atoms with Crippen molar-refractivity contribution >= 4 is 58.0 Å². The lowest BCUT2D eigenvalue weighted by Gasteiger charge is -1.91. The third-order valence-electron chi connectivity index (χ3n) is 1.55. The van der Waals surface area contributed by atoms with Crippen molar-refractivity contribution in [2.75, 3.05) is 26.1 Å². The molecule has 0 N–H and O–H groups in total. The summed E-state index contributed by atoms with van der Waals surface area (Å²) in [6.07, 6.45) is 0. The number of thioether (sulfide) groups is 2. The van der Waals surface area contributed by atoms with Crippen molar-refractivity contribution in [1.82, 2.24) is 20.4 Å². The van der Waals surface area contributed by atoms with Gasteiger partial charge in [-0.1, -0.05) is 46.2 Å². The minimum absolute atomic E-state index is 0.579. The van der Waals surface area contributed by atoms with Crippen molar-refractivity contribution in [1.29, 1.82) is 0 Å². The molecule has 0 unspecified atom stereocenters. The topological polar surface area (TPSA) is 70.0 Å². The highest BCUT2D eigenvalue weighted by molar-refractivity contribution is 8.05. The third kappa shape index (κ3) is 5.17. The number of methoxy groups -OCH3 is 2. The summed E-state index contributed by atoms with van der Waals surface area (Å²) in [5, 5.41) is 16.3. The van der Waals surface area contributed by atoms with E-state index in [1.165, 1.54) is 58.0 Å². The fourth-order valence-electron chi connectivity index (χ4n) is 0.887. The molecule has 0 aromatic carbocycles. The molecule has 0 atom stereocenters. The molecule has 104 valence electrons. The van der Waals surface area contributed by atoms with Crippen molar-refractivity contribution in [3.8, 4) is 0 Å².